The molecule has 0 bridgehead atoms. The fraction of sp³-hybridized carbons (Fsp3) is 0.467. The number of rotatable bonds is 3. The van der Waals surface area contributed by atoms with Crippen molar-refractivity contribution < 1.29 is 19.1 Å². The third kappa shape index (κ3) is 3.55. The van der Waals surface area contributed by atoms with Gasteiger partial charge in [-0.15, -0.1) is 0 Å². The van der Waals surface area contributed by atoms with E-state index in [1.165, 1.54) is 0 Å². The maximum Gasteiger partial charge on any atom is 0.262 e. The van der Waals surface area contributed by atoms with Gasteiger partial charge in [0.15, 0.2) is 6.61 Å². The van der Waals surface area contributed by atoms with Crippen LogP contribution < -0.4 is 20.7 Å². The highest BCUT2D eigenvalue weighted by atomic mass is 16.5. The van der Waals surface area contributed by atoms with Crippen molar-refractivity contribution in [2.45, 2.75) is 12.5 Å². The van der Waals surface area contributed by atoms with E-state index in [1.807, 2.05) is 0 Å². The standard InChI is InChI=1S/C15H19N3O4/c19-14-9-22-13-3-2-10(6-12(13)18-14)15(20)17-8-11-7-16-4-1-5-21-11/h2-3,6,11,16H,1,4-5,7-9H2,(H,17,20)(H,18,19). The molecule has 1 unspecified atom stereocenters. The topological polar surface area (TPSA) is 88.7 Å². The summed E-state index contributed by atoms with van der Waals surface area (Å²) in [6, 6.07) is 4.99. The lowest BCUT2D eigenvalue weighted by Crippen LogP contribution is -2.38. The molecule has 3 rings (SSSR count). The predicted octanol–water partition coefficient (Wildman–Crippen LogP) is 0.126. The van der Waals surface area contributed by atoms with Gasteiger partial charge in [0.25, 0.3) is 11.8 Å². The third-order valence-electron chi connectivity index (χ3n) is 3.59. The number of nitrogens with one attached hydrogen (secondary N) is 3. The average molecular weight is 305 g/mol. The number of benzene rings is 1. The molecule has 2 amide bonds. The van der Waals surface area contributed by atoms with E-state index in [0.29, 0.717) is 30.2 Å². The lowest BCUT2D eigenvalue weighted by atomic mass is 10.1. The van der Waals surface area contributed by atoms with Crippen LogP contribution in [0.25, 0.3) is 0 Å². The van der Waals surface area contributed by atoms with Crippen molar-refractivity contribution in [3.05, 3.63) is 23.8 Å². The van der Waals surface area contributed by atoms with E-state index in [0.717, 1.165) is 19.5 Å². The number of ether oxygens (including phenoxy) is 2. The molecule has 22 heavy (non-hydrogen) atoms. The summed E-state index contributed by atoms with van der Waals surface area (Å²) in [7, 11) is 0. The Bertz CT molecular complexity index is 568. The van der Waals surface area contributed by atoms with Gasteiger partial charge in [-0.25, -0.2) is 0 Å². The highest BCUT2D eigenvalue weighted by molar-refractivity contribution is 5.99. The molecule has 1 fully saturated rings. The lowest BCUT2D eigenvalue weighted by Gasteiger charge is -2.19. The van der Waals surface area contributed by atoms with Crippen LogP contribution >= 0.6 is 0 Å². The Morgan fingerprint density at radius 1 is 1.41 bits per heavy atom. The normalized spacial score (nSPS) is 21.1. The van der Waals surface area contributed by atoms with Crippen LogP contribution in [0.3, 0.4) is 0 Å². The van der Waals surface area contributed by atoms with Crippen molar-refractivity contribution in [3.8, 4) is 5.75 Å². The summed E-state index contributed by atoms with van der Waals surface area (Å²) in [4.78, 5) is 23.5. The Balaban J connectivity index is 1.60. The van der Waals surface area contributed by atoms with Crippen molar-refractivity contribution in [2.75, 3.05) is 38.2 Å². The van der Waals surface area contributed by atoms with Gasteiger partial charge >= 0.3 is 0 Å². The van der Waals surface area contributed by atoms with Gasteiger partial charge in [0.05, 0.1) is 11.8 Å². The van der Waals surface area contributed by atoms with Gasteiger partial charge in [-0.1, -0.05) is 0 Å². The fourth-order valence-corrected chi connectivity index (χ4v) is 2.43. The summed E-state index contributed by atoms with van der Waals surface area (Å²) in [5.41, 5.74) is 1.00. The van der Waals surface area contributed by atoms with Gasteiger partial charge in [0.1, 0.15) is 5.75 Å². The molecule has 0 radical (unpaired) electrons. The Labute approximate surface area is 128 Å². The molecule has 0 aromatic heterocycles. The molecule has 3 N–H and O–H groups in total. The molecule has 1 saturated heterocycles. The predicted molar refractivity (Wildman–Crippen MR) is 80.1 cm³/mol. The van der Waals surface area contributed by atoms with Crippen LogP contribution in [0.2, 0.25) is 0 Å². The maximum absolute atomic E-state index is 12.2. The summed E-state index contributed by atoms with van der Waals surface area (Å²) < 4.78 is 10.9. The Morgan fingerprint density at radius 2 is 2.32 bits per heavy atom. The summed E-state index contributed by atoms with van der Waals surface area (Å²) >= 11 is 0. The van der Waals surface area contributed by atoms with Crippen molar-refractivity contribution >= 4 is 17.5 Å². The lowest BCUT2D eigenvalue weighted by molar-refractivity contribution is -0.118. The zero-order valence-electron chi connectivity index (χ0n) is 12.2. The number of carbonyl (C=O) groups excluding carboxylic acids is 2. The number of amides is 2. The van der Waals surface area contributed by atoms with E-state index < -0.39 is 0 Å². The van der Waals surface area contributed by atoms with E-state index in [9.17, 15) is 9.59 Å². The second-order valence-corrected chi connectivity index (χ2v) is 5.31. The first-order chi connectivity index (χ1) is 10.7. The Morgan fingerprint density at radius 3 is 3.23 bits per heavy atom. The van der Waals surface area contributed by atoms with E-state index in [2.05, 4.69) is 16.0 Å². The van der Waals surface area contributed by atoms with E-state index in [-0.39, 0.29) is 24.5 Å². The maximum atomic E-state index is 12.2. The molecular weight excluding hydrogens is 286 g/mol. The molecule has 0 spiro atoms. The molecule has 2 aliphatic heterocycles. The molecule has 1 aromatic rings. The average Bonchev–Trinajstić information content (AvgIpc) is 2.80. The Hall–Kier alpha value is -2.12. The zero-order chi connectivity index (χ0) is 15.4. The Kier molecular flexibility index (Phi) is 4.55. The number of anilines is 1. The van der Waals surface area contributed by atoms with Gasteiger partial charge in [-0.3, -0.25) is 9.59 Å². The smallest absolute Gasteiger partial charge is 0.262 e. The quantitative estimate of drug-likeness (QED) is 0.738. The second kappa shape index (κ2) is 6.76. The molecule has 2 aliphatic rings. The first kappa shape index (κ1) is 14.8. The highest BCUT2D eigenvalue weighted by Gasteiger charge is 2.19. The van der Waals surface area contributed by atoms with Crippen molar-refractivity contribution in [1.82, 2.24) is 10.6 Å². The second-order valence-electron chi connectivity index (χ2n) is 5.31. The number of carbonyl (C=O) groups is 2. The van der Waals surface area contributed by atoms with Crippen LogP contribution in [-0.2, 0) is 9.53 Å². The van der Waals surface area contributed by atoms with E-state index >= 15 is 0 Å². The van der Waals surface area contributed by atoms with Crippen molar-refractivity contribution in [3.63, 3.8) is 0 Å². The first-order valence-corrected chi connectivity index (χ1v) is 7.39. The summed E-state index contributed by atoms with van der Waals surface area (Å²) in [6.45, 7) is 2.83. The molecule has 1 atom stereocenters. The van der Waals surface area contributed by atoms with Crippen LogP contribution in [0, 0.1) is 0 Å². The zero-order valence-corrected chi connectivity index (χ0v) is 12.2. The minimum absolute atomic E-state index is 0.00453. The minimum Gasteiger partial charge on any atom is -0.482 e. The molecule has 0 aliphatic carbocycles. The molecule has 2 heterocycles. The van der Waals surface area contributed by atoms with Gasteiger partial charge in [-0.2, -0.15) is 0 Å². The molecule has 7 heteroatoms. The molecule has 7 nitrogen and oxygen atoms in total. The first-order valence-electron chi connectivity index (χ1n) is 7.39. The van der Waals surface area contributed by atoms with Gasteiger partial charge in [0, 0.05) is 25.3 Å². The van der Waals surface area contributed by atoms with E-state index in [1.54, 1.807) is 18.2 Å². The van der Waals surface area contributed by atoms with Gasteiger partial charge in [-0.05, 0) is 31.2 Å². The van der Waals surface area contributed by atoms with Crippen LogP contribution in [0.15, 0.2) is 18.2 Å². The van der Waals surface area contributed by atoms with E-state index in [4.69, 9.17) is 9.47 Å². The summed E-state index contributed by atoms with van der Waals surface area (Å²) in [5.74, 6) is 0.158. The monoisotopic (exact) mass is 305 g/mol. The van der Waals surface area contributed by atoms with Crippen molar-refractivity contribution in [1.29, 1.82) is 0 Å². The molecule has 118 valence electrons. The third-order valence-corrected chi connectivity index (χ3v) is 3.59. The molecule has 0 saturated carbocycles. The minimum atomic E-state index is -0.219. The molecular formula is C15H19N3O4. The fourth-order valence-electron chi connectivity index (χ4n) is 2.43. The largest absolute Gasteiger partial charge is 0.482 e. The van der Waals surface area contributed by atoms with Crippen LogP contribution in [0.5, 0.6) is 5.75 Å². The van der Waals surface area contributed by atoms with Crippen molar-refractivity contribution in [2.24, 2.45) is 0 Å². The number of hydrogen-bond donors (Lipinski definition) is 3. The molecule has 1 aromatic carbocycles. The van der Waals surface area contributed by atoms with Gasteiger partial charge < -0.3 is 25.4 Å². The number of fused-ring (bicyclic) bond motifs is 1. The van der Waals surface area contributed by atoms with Gasteiger partial charge in [0.2, 0.25) is 0 Å². The summed E-state index contributed by atoms with van der Waals surface area (Å²) in [6.07, 6.45) is 0.960. The SMILES string of the molecule is O=C1COc2ccc(C(=O)NCC3CNCCCO3)cc2N1. The van der Waals surface area contributed by atoms with Crippen LogP contribution in [0.1, 0.15) is 16.8 Å². The van der Waals surface area contributed by atoms with Crippen LogP contribution in [0.4, 0.5) is 5.69 Å². The number of hydrogen-bond acceptors (Lipinski definition) is 5. The van der Waals surface area contributed by atoms with Crippen LogP contribution in [-0.4, -0.2) is 50.8 Å². The highest BCUT2D eigenvalue weighted by Crippen LogP contribution is 2.28. The summed E-state index contributed by atoms with van der Waals surface area (Å²) in [5, 5.41) is 8.81.